The molecule has 20 heavy (non-hydrogen) atoms. The van der Waals surface area contributed by atoms with Crippen molar-refractivity contribution in [2.24, 2.45) is 0 Å². The maximum atomic E-state index is 12.4. The Morgan fingerprint density at radius 2 is 2.05 bits per heavy atom. The minimum Gasteiger partial charge on any atom is -0.305 e. The maximum absolute atomic E-state index is 12.4. The van der Waals surface area contributed by atoms with Gasteiger partial charge in [-0.05, 0) is 40.4 Å². The highest BCUT2D eigenvalue weighted by Gasteiger charge is 2.22. The predicted molar refractivity (Wildman–Crippen MR) is 80.2 cm³/mol. The molecule has 0 bridgehead atoms. The summed E-state index contributed by atoms with van der Waals surface area (Å²) in [7, 11) is 0.429. The molecule has 1 aromatic rings. The number of sulfonamides is 1. The van der Waals surface area contributed by atoms with Crippen molar-refractivity contribution < 1.29 is 8.42 Å². The van der Waals surface area contributed by atoms with Crippen molar-refractivity contribution in [2.45, 2.75) is 51.2 Å². The van der Waals surface area contributed by atoms with Gasteiger partial charge in [0.15, 0.2) is 5.03 Å². The molecule has 0 fully saturated rings. The second-order valence-corrected chi connectivity index (χ2v) is 6.91. The molecule has 7 heteroatoms. The molecule has 1 rings (SSSR count). The number of rotatable bonds is 8. The standard InChI is InChI=1S/C13H26N4O2S/c1-6-8-12(16(4)5)10-14-20(18,19)13-9-11(3)15-17(13)7-2/h9,12,14H,6-8,10H2,1-5H3. The van der Waals surface area contributed by atoms with Gasteiger partial charge < -0.3 is 4.90 Å². The van der Waals surface area contributed by atoms with E-state index < -0.39 is 10.0 Å². The quantitative estimate of drug-likeness (QED) is 0.784. The van der Waals surface area contributed by atoms with Gasteiger partial charge in [0, 0.05) is 19.1 Å². The van der Waals surface area contributed by atoms with Gasteiger partial charge in [-0.25, -0.2) is 13.1 Å². The Balaban J connectivity index is 2.84. The number of hydrogen-bond acceptors (Lipinski definition) is 4. The van der Waals surface area contributed by atoms with Crippen molar-refractivity contribution >= 4 is 10.0 Å². The molecule has 0 aliphatic heterocycles. The highest BCUT2D eigenvalue weighted by Crippen LogP contribution is 2.11. The van der Waals surface area contributed by atoms with Gasteiger partial charge in [0.25, 0.3) is 10.0 Å². The van der Waals surface area contributed by atoms with Crippen molar-refractivity contribution in [3.63, 3.8) is 0 Å². The Labute approximate surface area is 122 Å². The molecular weight excluding hydrogens is 276 g/mol. The zero-order valence-corrected chi connectivity index (χ0v) is 13.9. The lowest BCUT2D eigenvalue weighted by Crippen LogP contribution is -2.40. The summed E-state index contributed by atoms with van der Waals surface area (Å²) in [6.45, 7) is 6.73. The zero-order chi connectivity index (χ0) is 15.3. The molecule has 1 heterocycles. The minimum absolute atomic E-state index is 0.203. The lowest BCUT2D eigenvalue weighted by atomic mass is 10.1. The van der Waals surface area contributed by atoms with Crippen molar-refractivity contribution in [3.8, 4) is 0 Å². The van der Waals surface area contributed by atoms with Crippen LogP contribution in [0.5, 0.6) is 0 Å². The van der Waals surface area contributed by atoms with Gasteiger partial charge in [-0.3, -0.25) is 4.68 Å². The molecule has 116 valence electrons. The third-order valence-electron chi connectivity index (χ3n) is 3.30. The summed E-state index contributed by atoms with van der Waals surface area (Å²) in [6.07, 6.45) is 1.98. The number of nitrogens with one attached hydrogen (secondary N) is 1. The molecule has 1 N–H and O–H groups in total. The SMILES string of the molecule is CCCC(CNS(=O)(=O)c1cc(C)nn1CC)N(C)C. The Bertz CT molecular complexity index is 522. The topological polar surface area (TPSA) is 67.2 Å². The van der Waals surface area contributed by atoms with E-state index in [4.69, 9.17) is 0 Å². The van der Waals surface area contributed by atoms with Crippen LogP contribution in [0.4, 0.5) is 0 Å². The number of aromatic nitrogens is 2. The summed E-state index contributed by atoms with van der Waals surface area (Å²) in [5, 5.41) is 4.42. The van der Waals surface area contributed by atoms with Crippen molar-refractivity contribution in [3.05, 3.63) is 11.8 Å². The molecule has 0 amide bonds. The van der Waals surface area contributed by atoms with Gasteiger partial charge in [0.2, 0.25) is 0 Å². The molecule has 0 aliphatic carbocycles. The van der Waals surface area contributed by atoms with Crippen LogP contribution in [0.3, 0.4) is 0 Å². The Morgan fingerprint density at radius 3 is 2.55 bits per heavy atom. The van der Waals surface area contributed by atoms with E-state index >= 15 is 0 Å². The lowest BCUT2D eigenvalue weighted by Gasteiger charge is -2.24. The van der Waals surface area contributed by atoms with E-state index in [0.717, 1.165) is 12.8 Å². The van der Waals surface area contributed by atoms with Crippen LogP contribution in [0, 0.1) is 6.92 Å². The highest BCUT2D eigenvalue weighted by atomic mass is 32.2. The smallest absolute Gasteiger partial charge is 0.257 e. The third-order valence-corrected chi connectivity index (χ3v) is 4.73. The summed E-state index contributed by atoms with van der Waals surface area (Å²) in [5.74, 6) is 0. The summed E-state index contributed by atoms with van der Waals surface area (Å²) >= 11 is 0. The first-order valence-electron chi connectivity index (χ1n) is 7.02. The average molecular weight is 302 g/mol. The second-order valence-electron chi connectivity index (χ2n) is 5.20. The molecule has 0 saturated heterocycles. The van der Waals surface area contributed by atoms with Crippen LogP contribution in [0.15, 0.2) is 11.1 Å². The first-order chi connectivity index (χ1) is 9.31. The first kappa shape index (κ1) is 17.1. The van der Waals surface area contributed by atoms with Gasteiger partial charge in [-0.2, -0.15) is 5.10 Å². The maximum Gasteiger partial charge on any atom is 0.257 e. The highest BCUT2D eigenvalue weighted by molar-refractivity contribution is 7.89. The van der Waals surface area contributed by atoms with Crippen LogP contribution in [-0.4, -0.2) is 49.8 Å². The summed E-state index contributed by atoms with van der Waals surface area (Å²) in [6, 6.07) is 1.81. The van der Waals surface area contributed by atoms with Gasteiger partial charge in [0.05, 0.1) is 5.69 Å². The molecule has 0 aliphatic rings. The molecule has 0 radical (unpaired) electrons. The third kappa shape index (κ3) is 4.29. The molecule has 6 nitrogen and oxygen atoms in total. The van der Waals surface area contributed by atoms with Gasteiger partial charge in [-0.1, -0.05) is 13.3 Å². The Morgan fingerprint density at radius 1 is 1.40 bits per heavy atom. The van der Waals surface area contributed by atoms with E-state index in [-0.39, 0.29) is 11.1 Å². The fourth-order valence-electron chi connectivity index (χ4n) is 2.12. The molecule has 1 unspecified atom stereocenters. The fraction of sp³-hybridized carbons (Fsp3) is 0.769. The van der Waals surface area contributed by atoms with E-state index in [1.54, 1.807) is 13.0 Å². The fourth-order valence-corrected chi connectivity index (χ4v) is 3.45. The van der Waals surface area contributed by atoms with Crippen molar-refractivity contribution in [1.82, 2.24) is 19.4 Å². The van der Waals surface area contributed by atoms with Gasteiger partial charge in [-0.15, -0.1) is 0 Å². The summed E-state index contributed by atoms with van der Waals surface area (Å²) < 4.78 is 28.9. The average Bonchev–Trinajstić information content (AvgIpc) is 2.76. The number of likely N-dealkylation sites (N-methyl/N-ethyl adjacent to an activating group) is 1. The number of hydrogen-bond donors (Lipinski definition) is 1. The van der Waals surface area contributed by atoms with E-state index in [1.807, 2.05) is 25.9 Å². The summed E-state index contributed by atoms with van der Waals surface area (Å²) in [4.78, 5) is 2.05. The van der Waals surface area contributed by atoms with Gasteiger partial charge in [0.1, 0.15) is 0 Å². The second kappa shape index (κ2) is 7.19. The van der Waals surface area contributed by atoms with Crippen LogP contribution >= 0.6 is 0 Å². The van der Waals surface area contributed by atoms with E-state index in [2.05, 4.69) is 16.7 Å². The molecule has 0 aromatic carbocycles. The van der Waals surface area contributed by atoms with E-state index in [0.29, 0.717) is 18.8 Å². The summed E-state index contributed by atoms with van der Waals surface area (Å²) in [5.41, 5.74) is 0.713. The van der Waals surface area contributed by atoms with Crippen LogP contribution in [0.2, 0.25) is 0 Å². The monoisotopic (exact) mass is 302 g/mol. The van der Waals surface area contributed by atoms with Crippen LogP contribution in [0.1, 0.15) is 32.4 Å². The first-order valence-corrected chi connectivity index (χ1v) is 8.50. The van der Waals surface area contributed by atoms with Crippen molar-refractivity contribution in [1.29, 1.82) is 0 Å². The van der Waals surface area contributed by atoms with Crippen LogP contribution in [0.25, 0.3) is 0 Å². The van der Waals surface area contributed by atoms with E-state index in [1.165, 1.54) is 4.68 Å². The zero-order valence-electron chi connectivity index (χ0n) is 13.0. The number of aryl methyl sites for hydroxylation is 2. The molecule has 0 saturated carbocycles. The normalized spacial score (nSPS) is 13.9. The Kier molecular flexibility index (Phi) is 6.16. The van der Waals surface area contributed by atoms with Crippen molar-refractivity contribution in [2.75, 3.05) is 20.6 Å². The van der Waals surface area contributed by atoms with Crippen LogP contribution in [-0.2, 0) is 16.6 Å². The number of nitrogens with zero attached hydrogens (tertiary/aromatic N) is 3. The predicted octanol–water partition coefficient (Wildman–Crippen LogP) is 1.22. The van der Waals surface area contributed by atoms with Crippen LogP contribution < -0.4 is 4.72 Å². The molecular formula is C13H26N4O2S. The van der Waals surface area contributed by atoms with E-state index in [9.17, 15) is 8.42 Å². The molecule has 1 atom stereocenters. The largest absolute Gasteiger partial charge is 0.305 e. The van der Waals surface area contributed by atoms with Gasteiger partial charge >= 0.3 is 0 Å². The lowest BCUT2D eigenvalue weighted by molar-refractivity contribution is 0.277. The Hall–Kier alpha value is -0.920. The molecule has 0 spiro atoms. The minimum atomic E-state index is -3.51. The molecule has 1 aromatic heterocycles.